The van der Waals surface area contributed by atoms with Gasteiger partial charge in [-0.15, -0.1) is 0 Å². The van der Waals surface area contributed by atoms with E-state index >= 15 is 0 Å². The highest BCUT2D eigenvalue weighted by atomic mass is 32.2. The predicted octanol–water partition coefficient (Wildman–Crippen LogP) is 3.59. The number of aromatic nitrogens is 1. The third-order valence-corrected chi connectivity index (χ3v) is 5.02. The lowest BCUT2D eigenvalue weighted by Crippen LogP contribution is -2.48. The molecule has 20 heavy (non-hydrogen) atoms. The molecule has 2 rings (SSSR count). The number of aryl methyl sites for hydroxylation is 2. The standard InChI is InChI=1S/C15H23N3OS/c1-4-8-17-15(10-16)7-5-6-13(9-15)20-14-18-11(2)12(3)19-14/h13,17H,4-9H2,1-3H3. The van der Waals surface area contributed by atoms with Gasteiger partial charge in [0.1, 0.15) is 11.3 Å². The minimum atomic E-state index is -0.359. The van der Waals surface area contributed by atoms with Crippen molar-refractivity contribution in [1.29, 1.82) is 5.26 Å². The van der Waals surface area contributed by atoms with Gasteiger partial charge in [0, 0.05) is 5.25 Å². The summed E-state index contributed by atoms with van der Waals surface area (Å²) in [5.41, 5.74) is 0.599. The van der Waals surface area contributed by atoms with E-state index in [4.69, 9.17) is 4.42 Å². The second-order valence-electron chi connectivity index (χ2n) is 5.58. The summed E-state index contributed by atoms with van der Waals surface area (Å²) in [7, 11) is 0. The first kappa shape index (κ1) is 15.4. The summed E-state index contributed by atoms with van der Waals surface area (Å²) >= 11 is 1.68. The van der Waals surface area contributed by atoms with Crippen LogP contribution < -0.4 is 5.32 Å². The SMILES string of the molecule is CCCNC1(C#N)CCCC(Sc2nc(C)c(C)o2)C1. The lowest BCUT2D eigenvalue weighted by atomic mass is 9.82. The molecule has 0 radical (unpaired) electrons. The molecule has 1 aromatic heterocycles. The third kappa shape index (κ3) is 3.56. The van der Waals surface area contributed by atoms with Crippen LogP contribution in [-0.2, 0) is 0 Å². The molecule has 0 saturated heterocycles. The average Bonchev–Trinajstić information content (AvgIpc) is 2.75. The minimum absolute atomic E-state index is 0.359. The topological polar surface area (TPSA) is 61.9 Å². The predicted molar refractivity (Wildman–Crippen MR) is 80.7 cm³/mol. The summed E-state index contributed by atoms with van der Waals surface area (Å²) in [6.45, 7) is 6.94. The van der Waals surface area contributed by atoms with E-state index in [-0.39, 0.29) is 5.54 Å². The van der Waals surface area contributed by atoms with Crippen molar-refractivity contribution in [3.8, 4) is 6.07 Å². The molecule has 0 spiro atoms. The van der Waals surface area contributed by atoms with Crippen LogP contribution in [0.25, 0.3) is 0 Å². The van der Waals surface area contributed by atoms with Crippen LogP contribution >= 0.6 is 11.8 Å². The summed E-state index contributed by atoms with van der Waals surface area (Å²) in [6, 6.07) is 2.51. The van der Waals surface area contributed by atoms with Gasteiger partial charge in [0.05, 0.1) is 11.8 Å². The molecule has 0 amide bonds. The quantitative estimate of drug-likeness (QED) is 0.899. The highest BCUT2D eigenvalue weighted by Gasteiger charge is 2.37. The molecule has 4 nitrogen and oxygen atoms in total. The molecule has 1 aliphatic rings. The normalized spacial score (nSPS) is 26.4. The molecule has 2 unspecified atom stereocenters. The van der Waals surface area contributed by atoms with Crippen molar-refractivity contribution in [3.05, 3.63) is 11.5 Å². The fourth-order valence-electron chi connectivity index (χ4n) is 2.63. The number of hydrogen-bond acceptors (Lipinski definition) is 5. The highest BCUT2D eigenvalue weighted by molar-refractivity contribution is 7.99. The van der Waals surface area contributed by atoms with Crippen LogP contribution in [-0.4, -0.2) is 22.3 Å². The van der Waals surface area contributed by atoms with E-state index in [1.54, 1.807) is 11.8 Å². The molecule has 2 atom stereocenters. The summed E-state index contributed by atoms with van der Waals surface area (Å²) in [4.78, 5) is 4.43. The smallest absolute Gasteiger partial charge is 0.256 e. The molecule has 0 aliphatic heterocycles. The Labute approximate surface area is 125 Å². The Bertz CT molecular complexity index is 474. The van der Waals surface area contributed by atoms with Gasteiger partial charge in [-0.05, 0) is 52.5 Å². The lowest BCUT2D eigenvalue weighted by molar-refractivity contribution is 0.303. The number of rotatable bonds is 5. The van der Waals surface area contributed by atoms with Crippen LogP contribution in [0.15, 0.2) is 9.64 Å². The molecule has 1 heterocycles. The first-order chi connectivity index (χ1) is 9.58. The zero-order chi connectivity index (χ0) is 14.6. The molecule has 1 saturated carbocycles. The van der Waals surface area contributed by atoms with Gasteiger partial charge in [-0.3, -0.25) is 5.32 Å². The molecule has 1 N–H and O–H groups in total. The second-order valence-corrected chi connectivity index (χ2v) is 6.83. The maximum atomic E-state index is 9.54. The van der Waals surface area contributed by atoms with E-state index in [1.165, 1.54) is 0 Å². The Kier molecular flexibility index (Phi) is 5.11. The molecule has 1 aliphatic carbocycles. The van der Waals surface area contributed by atoms with E-state index in [0.29, 0.717) is 5.25 Å². The van der Waals surface area contributed by atoms with Crippen LogP contribution in [0, 0.1) is 25.2 Å². The van der Waals surface area contributed by atoms with Gasteiger partial charge in [-0.25, -0.2) is 4.98 Å². The molecule has 0 bridgehead atoms. The summed E-state index contributed by atoms with van der Waals surface area (Å²) in [5.74, 6) is 0.888. The minimum Gasteiger partial charge on any atom is -0.437 e. The average molecular weight is 293 g/mol. The van der Waals surface area contributed by atoms with Gasteiger partial charge >= 0.3 is 0 Å². The molecule has 1 aromatic rings. The van der Waals surface area contributed by atoms with Gasteiger partial charge in [-0.1, -0.05) is 18.7 Å². The highest BCUT2D eigenvalue weighted by Crippen LogP contribution is 2.38. The van der Waals surface area contributed by atoms with Crippen molar-refractivity contribution in [3.63, 3.8) is 0 Å². The second kappa shape index (κ2) is 6.64. The van der Waals surface area contributed by atoms with Crippen molar-refractivity contribution >= 4 is 11.8 Å². The number of thioether (sulfide) groups is 1. The first-order valence-corrected chi connectivity index (χ1v) is 8.23. The Morgan fingerprint density at radius 2 is 2.35 bits per heavy atom. The van der Waals surface area contributed by atoms with Gasteiger partial charge in [0.15, 0.2) is 0 Å². The largest absolute Gasteiger partial charge is 0.437 e. The summed E-state index contributed by atoms with van der Waals surface area (Å²) < 4.78 is 5.65. The molecule has 110 valence electrons. The summed E-state index contributed by atoms with van der Waals surface area (Å²) in [5, 5.41) is 14.1. The monoisotopic (exact) mass is 293 g/mol. The molecular formula is C15H23N3OS. The van der Waals surface area contributed by atoms with Gasteiger partial charge < -0.3 is 4.42 Å². The van der Waals surface area contributed by atoms with Crippen molar-refractivity contribution in [2.24, 2.45) is 0 Å². The first-order valence-electron chi connectivity index (χ1n) is 7.35. The third-order valence-electron chi connectivity index (χ3n) is 3.91. The van der Waals surface area contributed by atoms with Crippen molar-refractivity contribution < 1.29 is 4.42 Å². The van der Waals surface area contributed by atoms with Crippen molar-refractivity contribution in [2.75, 3.05) is 6.54 Å². The van der Waals surface area contributed by atoms with Crippen LogP contribution in [0.3, 0.4) is 0 Å². The molecular weight excluding hydrogens is 270 g/mol. The fourth-order valence-corrected chi connectivity index (χ4v) is 3.93. The number of hydrogen-bond donors (Lipinski definition) is 1. The van der Waals surface area contributed by atoms with E-state index in [9.17, 15) is 5.26 Å². The zero-order valence-electron chi connectivity index (χ0n) is 12.5. The van der Waals surface area contributed by atoms with Crippen molar-refractivity contribution in [2.45, 2.75) is 68.9 Å². The van der Waals surface area contributed by atoms with E-state index in [1.807, 2.05) is 13.8 Å². The van der Waals surface area contributed by atoms with Crippen LogP contribution in [0.5, 0.6) is 0 Å². The lowest BCUT2D eigenvalue weighted by Gasteiger charge is -2.35. The number of nitrogens with zero attached hydrogens (tertiary/aromatic N) is 2. The van der Waals surface area contributed by atoms with Crippen molar-refractivity contribution in [1.82, 2.24) is 10.3 Å². The van der Waals surface area contributed by atoms with Gasteiger partial charge in [0.2, 0.25) is 0 Å². The molecule has 1 fully saturated rings. The maximum absolute atomic E-state index is 9.54. The Morgan fingerprint density at radius 3 is 2.95 bits per heavy atom. The van der Waals surface area contributed by atoms with E-state index < -0.39 is 0 Å². The maximum Gasteiger partial charge on any atom is 0.256 e. The van der Waals surface area contributed by atoms with E-state index in [0.717, 1.165) is 55.3 Å². The number of nitriles is 1. The van der Waals surface area contributed by atoms with E-state index in [2.05, 4.69) is 23.3 Å². The summed E-state index contributed by atoms with van der Waals surface area (Å²) in [6.07, 6.45) is 5.08. The Balaban J connectivity index is 2.00. The number of nitrogens with one attached hydrogen (secondary N) is 1. The van der Waals surface area contributed by atoms with Crippen LogP contribution in [0.1, 0.15) is 50.5 Å². The fraction of sp³-hybridized carbons (Fsp3) is 0.733. The van der Waals surface area contributed by atoms with Gasteiger partial charge in [0.25, 0.3) is 5.22 Å². The zero-order valence-corrected chi connectivity index (χ0v) is 13.3. The Hall–Kier alpha value is -0.990. The molecule has 0 aromatic carbocycles. The number of oxazole rings is 1. The Morgan fingerprint density at radius 1 is 1.55 bits per heavy atom. The van der Waals surface area contributed by atoms with Crippen LogP contribution in [0.2, 0.25) is 0 Å². The van der Waals surface area contributed by atoms with Gasteiger partial charge in [-0.2, -0.15) is 5.26 Å². The van der Waals surface area contributed by atoms with Crippen LogP contribution in [0.4, 0.5) is 0 Å². The molecule has 5 heteroatoms.